The van der Waals surface area contributed by atoms with E-state index in [0.717, 1.165) is 18.5 Å². The van der Waals surface area contributed by atoms with E-state index in [1.165, 1.54) is 7.11 Å². The molecule has 28 heteroatoms. The van der Waals surface area contributed by atoms with Crippen LogP contribution in [0.4, 0.5) is 22.0 Å². The molecule has 3 heterocycles. The number of rotatable bonds is 30. The SMILES string of the molecule is CO[C@H]1O[C@H](COCCCCCc2cn(CCOCCOCCOCCOCCC(=O)Oc3c(F)c(F)c(F)c(F)c3F)nn2)[C@@H](O)[C@H](O)[C@@H]1O[C@H]1O[C@H](CCP(=O)(O)O)[C@@H](O)[C@H](O)[C@@H]1O. The molecular weight excluding hydrogens is 928 g/mol. The number of carbonyl (C=O) groups is 1. The highest BCUT2D eigenvalue weighted by atomic mass is 31.2. The van der Waals surface area contributed by atoms with Gasteiger partial charge in [0.05, 0.1) is 90.4 Å². The summed E-state index contributed by atoms with van der Waals surface area (Å²) < 4.78 is 133. The van der Waals surface area contributed by atoms with Crippen LogP contribution >= 0.6 is 7.60 Å². The van der Waals surface area contributed by atoms with Crippen molar-refractivity contribution in [2.45, 2.75) is 106 Å². The van der Waals surface area contributed by atoms with Gasteiger partial charge < -0.3 is 82.7 Å². The number of methoxy groups -OCH3 is 1. The summed E-state index contributed by atoms with van der Waals surface area (Å²) in [6, 6.07) is 0. The Hall–Kier alpha value is -2.93. The minimum absolute atomic E-state index is 0.0417. The number of aliphatic hydroxyl groups is 5. The Morgan fingerprint density at radius 2 is 1.27 bits per heavy atom. The smallest absolute Gasteiger partial charge is 0.325 e. The lowest BCUT2D eigenvalue weighted by Gasteiger charge is -2.46. The number of hydrogen-bond acceptors (Lipinski definition) is 19. The molecule has 2 saturated heterocycles. The van der Waals surface area contributed by atoms with Crippen molar-refractivity contribution in [2.75, 3.05) is 79.3 Å². The predicted octanol–water partition coefficient (Wildman–Crippen LogP) is -0.381. The summed E-state index contributed by atoms with van der Waals surface area (Å²) in [7, 11) is -3.23. The molecule has 0 saturated carbocycles. The van der Waals surface area contributed by atoms with Crippen molar-refractivity contribution in [1.82, 2.24) is 15.0 Å². The topological polar surface area (TPSA) is 299 Å². The molecule has 0 spiro atoms. The first kappa shape index (κ1) is 55.7. The summed E-state index contributed by atoms with van der Waals surface area (Å²) in [4.78, 5) is 30.1. The van der Waals surface area contributed by atoms with E-state index in [-0.39, 0.29) is 46.1 Å². The van der Waals surface area contributed by atoms with Gasteiger partial charge in [0.15, 0.2) is 12.6 Å². The van der Waals surface area contributed by atoms with Gasteiger partial charge in [-0.1, -0.05) is 11.6 Å². The maximum atomic E-state index is 13.6. The van der Waals surface area contributed by atoms with Crippen LogP contribution in [-0.2, 0) is 65.0 Å². The van der Waals surface area contributed by atoms with Gasteiger partial charge in [0, 0.05) is 19.9 Å². The second kappa shape index (κ2) is 27.9. The molecule has 1 aromatic carbocycles. The van der Waals surface area contributed by atoms with Crippen LogP contribution < -0.4 is 4.74 Å². The van der Waals surface area contributed by atoms with Crippen molar-refractivity contribution in [2.24, 2.45) is 0 Å². The van der Waals surface area contributed by atoms with Gasteiger partial charge in [0.1, 0.15) is 42.7 Å². The number of hydrogen-bond donors (Lipinski definition) is 7. The van der Waals surface area contributed by atoms with E-state index < -0.39 is 122 Å². The maximum Gasteiger partial charge on any atom is 0.325 e. The van der Waals surface area contributed by atoms with Gasteiger partial charge in [-0.2, -0.15) is 8.78 Å². The molecule has 66 heavy (non-hydrogen) atoms. The Balaban J connectivity index is 0.972. The molecule has 22 nitrogen and oxygen atoms in total. The number of ether oxygens (including phenoxy) is 10. The molecule has 7 N–H and O–H groups in total. The predicted molar refractivity (Wildman–Crippen MR) is 209 cm³/mol. The fourth-order valence-electron chi connectivity index (χ4n) is 6.46. The largest absolute Gasteiger partial charge is 0.420 e. The van der Waals surface area contributed by atoms with Gasteiger partial charge in [-0.05, 0) is 25.7 Å². The number of unbranched alkanes of at least 4 members (excludes halogenated alkanes) is 2. The first-order valence-corrected chi connectivity index (χ1v) is 22.7. The zero-order valence-corrected chi connectivity index (χ0v) is 36.7. The summed E-state index contributed by atoms with van der Waals surface area (Å²) in [6.07, 6.45) is -12.1. The van der Waals surface area contributed by atoms with Gasteiger partial charge in [-0.3, -0.25) is 9.36 Å². The van der Waals surface area contributed by atoms with E-state index in [1.807, 2.05) is 6.20 Å². The molecule has 2 fully saturated rings. The van der Waals surface area contributed by atoms with Crippen LogP contribution in [0, 0.1) is 29.1 Å². The monoisotopic (exact) mass is 985 g/mol. The first-order chi connectivity index (χ1) is 31.4. The van der Waals surface area contributed by atoms with Crippen LogP contribution in [0.1, 0.15) is 37.8 Å². The molecule has 2 aliphatic heterocycles. The van der Waals surface area contributed by atoms with Gasteiger partial charge in [-0.25, -0.2) is 17.9 Å². The highest BCUT2D eigenvalue weighted by Crippen LogP contribution is 2.38. The molecule has 1 aromatic heterocycles. The molecular formula is C38H57F5N3O19P. The highest BCUT2D eigenvalue weighted by Gasteiger charge is 2.51. The van der Waals surface area contributed by atoms with E-state index in [4.69, 9.17) is 42.6 Å². The summed E-state index contributed by atoms with van der Waals surface area (Å²) in [5.41, 5.74) is 0.793. The van der Waals surface area contributed by atoms with E-state index in [0.29, 0.717) is 45.8 Å². The second-order valence-electron chi connectivity index (χ2n) is 15.0. The number of carbonyl (C=O) groups excluding carboxylic acids is 1. The Kier molecular flexibility index (Phi) is 23.5. The zero-order valence-electron chi connectivity index (χ0n) is 35.8. The van der Waals surface area contributed by atoms with Crippen LogP contribution in [0.5, 0.6) is 5.75 Å². The second-order valence-corrected chi connectivity index (χ2v) is 16.8. The normalized spacial score (nSPS) is 26.0. The fourth-order valence-corrected chi connectivity index (χ4v) is 7.05. The number of aryl methyl sites for hydroxylation is 1. The third-order valence-electron chi connectivity index (χ3n) is 10.0. The number of esters is 1. The Morgan fingerprint density at radius 3 is 1.89 bits per heavy atom. The van der Waals surface area contributed by atoms with E-state index in [1.54, 1.807) is 4.68 Å². The lowest BCUT2D eigenvalue weighted by Crippen LogP contribution is -2.64. The number of aliphatic hydroxyl groups excluding tert-OH is 5. The minimum Gasteiger partial charge on any atom is -0.420 e. The van der Waals surface area contributed by atoms with Crippen LogP contribution in [0.3, 0.4) is 0 Å². The van der Waals surface area contributed by atoms with Crippen molar-refractivity contribution in [3.63, 3.8) is 0 Å². The van der Waals surface area contributed by atoms with Gasteiger partial charge in [0.25, 0.3) is 0 Å². The number of aromatic nitrogens is 3. The van der Waals surface area contributed by atoms with Crippen molar-refractivity contribution in [3.8, 4) is 5.75 Å². The number of benzene rings is 1. The molecule has 0 bridgehead atoms. The van der Waals surface area contributed by atoms with Crippen molar-refractivity contribution in [3.05, 3.63) is 41.0 Å². The average molecular weight is 986 g/mol. The lowest BCUT2D eigenvalue weighted by molar-refractivity contribution is -0.363. The molecule has 0 radical (unpaired) electrons. The highest BCUT2D eigenvalue weighted by molar-refractivity contribution is 7.51. The average Bonchev–Trinajstić information content (AvgIpc) is 3.74. The summed E-state index contributed by atoms with van der Waals surface area (Å²) >= 11 is 0. The molecule has 2 aromatic rings. The van der Waals surface area contributed by atoms with Gasteiger partial charge in [0.2, 0.25) is 34.8 Å². The Labute approximate surface area is 374 Å². The van der Waals surface area contributed by atoms with Crippen molar-refractivity contribution >= 4 is 13.6 Å². The van der Waals surface area contributed by atoms with E-state index in [9.17, 15) is 66.6 Å². The van der Waals surface area contributed by atoms with Gasteiger partial charge >= 0.3 is 13.6 Å². The van der Waals surface area contributed by atoms with Crippen LogP contribution in [0.15, 0.2) is 6.20 Å². The molecule has 4 rings (SSSR count). The molecule has 378 valence electrons. The van der Waals surface area contributed by atoms with Crippen molar-refractivity contribution in [1.29, 1.82) is 0 Å². The summed E-state index contributed by atoms with van der Waals surface area (Å²) in [5, 5.41) is 60.9. The molecule has 0 amide bonds. The third-order valence-corrected chi connectivity index (χ3v) is 10.9. The van der Waals surface area contributed by atoms with Gasteiger partial charge in [-0.15, -0.1) is 5.10 Å². The fraction of sp³-hybridized carbons (Fsp3) is 0.763. The first-order valence-electron chi connectivity index (χ1n) is 20.9. The van der Waals surface area contributed by atoms with Crippen molar-refractivity contribution < 1.29 is 114 Å². The maximum absolute atomic E-state index is 13.6. The van der Waals surface area contributed by atoms with Crippen LogP contribution in [0.25, 0.3) is 0 Å². The summed E-state index contributed by atoms with van der Waals surface area (Å²) in [6.45, 7) is 2.03. The molecule has 2 aliphatic rings. The number of halogens is 5. The van der Waals surface area contributed by atoms with Crippen LogP contribution in [-0.4, -0.2) is 197 Å². The molecule has 0 aliphatic carbocycles. The lowest BCUT2D eigenvalue weighted by atomic mass is 9.96. The summed E-state index contributed by atoms with van der Waals surface area (Å²) in [5.74, 6) is -14.3. The Bertz CT molecular complexity index is 1790. The van der Waals surface area contributed by atoms with Crippen LogP contribution in [0.2, 0.25) is 0 Å². The minimum atomic E-state index is -4.48. The van der Waals surface area contributed by atoms with E-state index in [2.05, 4.69) is 15.0 Å². The Morgan fingerprint density at radius 1 is 0.697 bits per heavy atom. The third kappa shape index (κ3) is 17.2. The quantitative estimate of drug-likeness (QED) is 0.00998. The standard InChI is InChI=1S/C38H57F5N3O19P/c1-56-38-36(65-37-34(52)32(50)30(48)22(62-37)7-18-66(53,54)55)33(51)31(49)23(63-38)20-61-9-4-2-3-5-21-19-46(45-44-21)8-11-58-13-15-60-17-16-59-14-12-57-10-6-24(47)64-35-28(42)26(40)25(39)27(41)29(35)43/h19,22-23,30-34,36-38,48-52H,2-18,20H2,1H3,(H2,53,54,55)/t22-,23-,30-,31-,32+,33+,34+,36+,37-,38+/m1/s1. The molecule has 10 atom stereocenters. The number of nitrogens with zero attached hydrogens (tertiary/aromatic N) is 3. The zero-order chi connectivity index (χ0) is 48.4. The molecule has 0 unspecified atom stereocenters. The van der Waals surface area contributed by atoms with E-state index >= 15 is 0 Å².